The zero-order valence-corrected chi connectivity index (χ0v) is 13.7. The first-order chi connectivity index (χ1) is 9.97. The molecule has 4 heteroatoms. The Morgan fingerprint density at radius 1 is 1.38 bits per heavy atom. The third-order valence-electron chi connectivity index (χ3n) is 3.34. The molecule has 0 atom stereocenters. The molecule has 0 saturated carbocycles. The van der Waals surface area contributed by atoms with Crippen molar-refractivity contribution in [1.29, 1.82) is 0 Å². The quantitative estimate of drug-likeness (QED) is 0.551. The Balaban J connectivity index is 3.13. The Morgan fingerprint density at radius 3 is 2.67 bits per heavy atom. The molecule has 0 amide bonds. The summed E-state index contributed by atoms with van der Waals surface area (Å²) in [6.45, 7) is 7.35. The maximum absolute atomic E-state index is 10.8. The molecule has 0 aliphatic heterocycles. The summed E-state index contributed by atoms with van der Waals surface area (Å²) in [6.07, 6.45) is 6.20. The minimum Gasteiger partial charge on any atom is -0.478 e. The average Bonchev–Trinajstić information content (AvgIpc) is 2.42. The van der Waals surface area contributed by atoms with E-state index in [1.807, 2.05) is 18.2 Å². The standard InChI is InChI=1S/C17H24ClNO2/c1-4-5-6-12-19(13(2)3)17-14(10-11-16(20)21)8-7-9-15(17)18/h7-11,13H,4-6,12H2,1-3H3,(H,20,21)/b11-10+. The second-order valence-electron chi connectivity index (χ2n) is 5.34. The smallest absolute Gasteiger partial charge is 0.328 e. The summed E-state index contributed by atoms with van der Waals surface area (Å²) in [6, 6.07) is 5.90. The van der Waals surface area contributed by atoms with Gasteiger partial charge in [0.1, 0.15) is 0 Å². The van der Waals surface area contributed by atoms with Gasteiger partial charge in [0.2, 0.25) is 0 Å². The molecular weight excluding hydrogens is 286 g/mol. The fourth-order valence-electron chi connectivity index (χ4n) is 2.29. The third-order valence-corrected chi connectivity index (χ3v) is 3.64. The van der Waals surface area contributed by atoms with Gasteiger partial charge >= 0.3 is 5.97 Å². The molecule has 0 aliphatic carbocycles. The van der Waals surface area contributed by atoms with Crippen LogP contribution < -0.4 is 4.90 Å². The number of hydrogen-bond donors (Lipinski definition) is 1. The molecule has 21 heavy (non-hydrogen) atoms. The highest BCUT2D eigenvalue weighted by molar-refractivity contribution is 6.33. The van der Waals surface area contributed by atoms with Gasteiger partial charge in [-0.3, -0.25) is 0 Å². The van der Waals surface area contributed by atoms with Crippen LogP contribution in [0, 0.1) is 0 Å². The van der Waals surface area contributed by atoms with Gasteiger partial charge in [0.15, 0.2) is 0 Å². The largest absolute Gasteiger partial charge is 0.478 e. The molecule has 116 valence electrons. The van der Waals surface area contributed by atoms with Crippen molar-refractivity contribution in [3.05, 3.63) is 34.9 Å². The van der Waals surface area contributed by atoms with Crippen molar-refractivity contribution in [1.82, 2.24) is 0 Å². The minimum atomic E-state index is -0.956. The van der Waals surface area contributed by atoms with Crippen LogP contribution in [0.2, 0.25) is 5.02 Å². The normalized spacial score (nSPS) is 11.3. The maximum Gasteiger partial charge on any atom is 0.328 e. The van der Waals surface area contributed by atoms with Crippen LogP contribution >= 0.6 is 11.6 Å². The molecule has 0 spiro atoms. The van der Waals surface area contributed by atoms with E-state index < -0.39 is 5.97 Å². The molecule has 0 aliphatic rings. The van der Waals surface area contributed by atoms with Crippen LogP contribution in [0.1, 0.15) is 45.6 Å². The zero-order chi connectivity index (χ0) is 15.8. The summed E-state index contributed by atoms with van der Waals surface area (Å²) in [5, 5.41) is 9.48. The highest BCUT2D eigenvalue weighted by atomic mass is 35.5. The lowest BCUT2D eigenvalue weighted by Crippen LogP contribution is -2.32. The number of benzene rings is 1. The molecular formula is C17H24ClNO2. The first-order valence-corrected chi connectivity index (χ1v) is 7.81. The van der Waals surface area contributed by atoms with E-state index in [0.29, 0.717) is 11.1 Å². The van der Waals surface area contributed by atoms with E-state index in [1.54, 1.807) is 6.08 Å². The van der Waals surface area contributed by atoms with Gasteiger partial charge in [0.25, 0.3) is 0 Å². The predicted octanol–water partition coefficient (Wildman–Crippen LogP) is 4.84. The van der Waals surface area contributed by atoms with Gasteiger partial charge in [-0.25, -0.2) is 4.79 Å². The number of rotatable bonds is 8. The Labute approximate surface area is 132 Å². The van der Waals surface area contributed by atoms with E-state index >= 15 is 0 Å². The van der Waals surface area contributed by atoms with Crippen LogP contribution in [-0.2, 0) is 4.79 Å². The van der Waals surface area contributed by atoms with E-state index in [9.17, 15) is 4.79 Å². The van der Waals surface area contributed by atoms with Gasteiger partial charge in [-0.15, -0.1) is 0 Å². The van der Waals surface area contributed by atoms with Crippen molar-refractivity contribution in [2.45, 2.75) is 46.1 Å². The molecule has 0 aromatic heterocycles. The Morgan fingerprint density at radius 2 is 2.10 bits per heavy atom. The lowest BCUT2D eigenvalue weighted by atomic mass is 10.1. The van der Waals surface area contributed by atoms with Crippen molar-refractivity contribution in [3.8, 4) is 0 Å². The fraction of sp³-hybridized carbons (Fsp3) is 0.471. The summed E-state index contributed by atoms with van der Waals surface area (Å²) >= 11 is 6.37. The van der Waals surface area contributed by atoms with Crippen LogP contribution in [0.15, 0.2) is 24.3 Å². The number of nitrogens with zero attached hydrogens (tertiary/aromatic N) is 1. The first-order valence-electron chi connectivity index (χ1n) is 7.43. The number of carboxylic acid groups (broad SMARTS) is 1. The maximum atomic E-state index is 10.8. The monoisotopic (exact) mass is 309 g/mol. The van der Waals surface area contributed by atoms with E-state index in [1.165, 1.54) is 12.8 Å². The van der Waals surface area contributed by atoms with Crippen molar-refractivity contribution >= 4 is 29.3 Å². The lowest BCUT2D eigenvalue weighted by Gasteiger charge is -2.31. The summed E-state index contributed by atoms with van der Waals surface area (Å²) in [5.41, 5.74) is 1.76. The van der Waals surface area contributed by atoms with Gasteiger partial charge in [0, 0.05) is 18.7 Å². The van der Waals surface area contributed by atoms with Crippen molar-refractivity contribution < 1.29 is 9.90 Å². The molecule has 0 bridgehead atoms. The van der Waals surface area contributed by atoms with E-state index in [2.05, 4.69) is 25.7 Å². The highest BCUT2D eigenvalue weighted by Crippen LogP contribution is 2.32. The van der Waals surface area contributed by atoms with Gasteiger partial charge in [0.05, 0.1) is 10.7 Å². The third kappa shape index (κ3) is 5.43. The van der Waals surface area contributed by atoms with Gasteiger partial charge in [-0.1, -0.05) is 43.5 Å². The lowest BCUT2D eigenvalue weighted by molar-refractivity contribution is -0.131. The molecule has 0 saturated heterocycles. The number of carboxylic acids is 1. The molecule has 0 radical (unpaired) electrons. The number of hydrogen-bond acceptors (Lipinski definition) is 2. The molecule has 0 heterocycles. The van der Waals surface area contributed by atoms with Crippen molar-refractivity contribution in [2.24, 2.45) is 0 Å². The summed E-state index contributed by atoms with van der Waals surface area (Å²) in [4.78, 5) is 13.0. The SMILES string of the molecule is CCCCCN(c1c(Cl)cccc1/C=C/C(=O)O)C(C)C. The van der Waals surface area contributed by atoms with Crippen LogP contribution in [0.25, 0.3) is 6.08 Å². The van der Waals surface area contributed by atoms with Gasteiger partial charge in [-0.05, 0) is 38.0 Å². The number of halogens is 1. The van der Waals surface area contributed by atoms with E-state index in [4.69, 9.17) is 16.7 Å². The van der Waals surface area contributed by atoms with Gasteiger partial charge < -0.3 is 10.0 Å². The summed E-state index contributed by atoms with van der Waals surface area (Å²) in [7, 11) is 0. The molecule has 1 aromatic carbocycles. The van der Waals surface area contributed by atoms with Crippen LogP contribution in [0.3, 0.4) is 0 Å². The topological polar surface area (TPSA) is 40.5 Å². The number of para-hydroxylation sites is 1. The van der Waals surface area contributed by atoms with E-state index in [0.717, 1.165) is 30.3 Å². The number of aliphatic carboxylic acids is 1. The first kappa shape index (κ1) is 17.6. The molecule has 0 unspecified atom stereocenters. The Kier molecular flexibility index (Phi) is 7.30. The zero-order valence-electron chi connectivity index (χ0n) is 13.0. The number of carbonyl (C=O) groups is 1. The minimum absolute atomic E-state index is 0.304. The fourth-order valence-corrected chi connectivity index (χ4v) is 2.58. The average molecular weight is 310 g/mol. The Bertz CT molecular complexity index is 498. The van der Waals surface area contributed by atoms with Crippen LogP contribution in [0.4, 0.5) is 5.69 Å². The molecule has 0 fully saturated rings. The highest BCUT2D eigenvalue weighted by Gasteiger charge is 2.16. The van der Waals surface area contributed by atoms with Crippen molar-refractivity contribution in [3.63, 3.8) is 0 Å². The number of unbranched alkanes of at least 4 members (excludes halogenated alkanes) is 2. The van der Waals surface area contributed by atoms with Crippen molar-refractivity contribution in [2.75, 3.05) is 11.4 Å². The molecule has 1 N–H and O–H groups in total. The van der Waals surface area contributed by atoms with Crippen LogP contribution in [0.5, 0.6) is 0 Å². The second-order valence-corrected chi connectivity index (χ2v) is 5.75. The molecule has 3 nitrogen and oxygen atoms in total. The Hall–Kier alpha value is -1.48. The second kappa shape index (κ2) is 8.73. The predicted molar refractivity (Wildman–Crippen MR) is 90.1 cm³/mol. The van der Waals surface area contributed by atoms with Crippen LogP contribution in [-0.4, -0.2) is 23.7 Å². The number of anilines is 1. The summed E-state index contributed by atoms with van der Waals surface area (Å²) < 4.78 is 0. The van der Waals surface area contributed by atoms with Gasteiger partial charge in [-0.2, -0.15) is 0 Å². The summed E-state index contributed by atoms with van der Waals surface area (Å²) in [5.74, 6) is -0.956. The molecule has 1 rings (SSSR count). The molecule has 1 aromatic rings. The van der Waals surface area contributed by atoms with E-state index in [-0.39, 0.29) is 0 Å².